The van der Waals surface area contributed by atoms with Crippen LogP contribution < -0.4 is 10.1 Å². The topological polar surface area (TPSA) is 39.1 Å². The van der Waals surface area contributed by atoms with E-state index < -0.39 is 0 Å². The van der Waals surface area contributed by atoms with Gasteiger partial charge in [-0.25, -0.2) is 0 Å². The van der Waals surface area contributed by atoms with E-state index in [0.29, 0.717) is 6.04 Å². The largest absolute Gasteiger partial charge is 0.493 e. The van der Waals surface area contributed by atoms with Crippen LogP contribution in [0.3, 0.4) is 0 Å². The van der Waals surface area contributed by atoms with Gasteiger partial charge in [-0.05, 0) is 25.8 Å². The minimum atomic E-state index is 0.360. The third kappa shape index (κ3) is 2.69. The molecule has 0 bridgehead atoms. The zero-order valence-electron chi connectivity index (χ0n) is 11.8. The lowest BCUT2D eigenvalue weighted by Crippen LogP contribution is -2.26. The van der Waals surface area contributed by atoms with Crippen molar-refractivity contribution < 1.29 is 4.74 Å². The summed E-state index contributed by atoms with van der Waals surface area (Å²) in [6.07, 6.45) is 8.29. The molecule has 2 rings (SSSR count). The van der Waals surface area contributed by atoms with E-state index in [0.717, 1.165) is 24.6 Å². The summed E-state index contributed by atoms with van der Waals surface area (Å²) >= 11 is 0. The second-order valence-electron chi connectivity index (χ2n) is 5.20. The van der Waals surface area contributed by atoms with Crippen LogP contribution in [-0.4, -0.2) is 23.9 Å². The lowest BCUT2D eigenvalue weighted by molar-refractivity contribution is 0.257. The molecule has 0 spiro atoms. The molecule has 1 fully saturated rings. The summed E-state index contributed by atoms with van der Waals surface area (Å²) < 4.78 is 7.56. The van der Waals surface area contributed by atoms with Crippen molar-refractivity contribution in [1.29, 1.82) is 0 Å². The standard InChI is InChI=1S/C14H25N3O/c1-4-8-17-14(13(18-3)10-16-17)12(15-2)9-11-6-5-7-11/h10-12,15H,4-9H2,1-3H3. The maximum absolute atomic E-state index is 5.47. The van der Waals surface area contributed by atoms with E-state index in [1.165, 1.54) is 31.4 Å². The highest BCUT2D eigenvalue weighted by Gasteiger charge is 2.26. The van der Waals surface area contributed by atoms with Crippen LogP contribution in [0.5, 0.6) is 5.75 Å². The molecule has 1 aromatic heterocycles. The monoisotopic (exact) mass is 251 g/mol. The maximum atomic E-state index is 5.47. The van der Waals surface area contributed by atoms with Crippen molar-refractivity contribution in [2.24, 2.45) is 5.92 Å². The van der Waals surface area contributed by atoms with Gasteiger partial charge < -0.3 is 10.1 Å². The van der Waals surface area contributed by atoms with Crippen molar-refractivity contribution in [3.8, 4) is 5.75 Å². The van der Waals surface area contributed by atoms with Crippen molar-refractivity contribution in [2.75, 3.05) is 14.2 Å². The molecule has 1 heterocycles. The molecule has 0 aromatic carbocycles. The zero-order valence-corrected chi connectivity index (χ0v) is 11.8. The van der Waals surface area contributed by atoms with Gasteiger partial charge >= 0.3 is 0 Å². The Hall–Kier alpha value is -1.03. The number of rotatable bonds is 7. The first-order valence-electron chi connectivity index (χ1n) is 7.07. The molecule has 0 amide bonds. The van der Waals surface area contributed by atoms with E-state index in [4.69, 9.17) is 4.74 Å². The van der Waals surface area contributed by atoms with Crippen LogP contribution in [0.1, 0.15) is 50.8 Å². The molecule has 1 N–H and O–H groups in total. The van der Waals surface area contributed by atoms with Crippen LogP contribution in [0.4, 0.5) is 0 Å². The van der Waals surface area contributed by atoms with E-state index in [-0.39, 0.29) is 0 Å². The number of nitrogens with zero attached hydrogens (tertiary/aromatic N) is 2. The SMILES string of the molecule is CCCn1ncc(OC)c1C(CC1CCC1)NC. The molecule has 1 aliphatic carbocycles. The lowest BCUT2D eigenvalue weighted by Gasteiger charge is -2.30. The van der Waals surface area contributed by atoms with E-state index in [1.807, 2.05) is 13.2 Å². The van der Waals surface area contributed by atoms with Gasteiger partial charge in [-0.3, -0.25) is 4.68 Å². The molecule has 0 aliphatic heterocycles. The number of methoxy groups -OCH3 is 1. The van der Waals surface area contributed by atoms with Crippen LogP contribution in [0.15, 0.2) is 6.20 Å². The smallest absolute Gasteiger partial charge is 0.161 e. The molecule has 1 aliphatic rings. The zero-order chi connectivity index (χ0) is 13.0. The quantitative estimate of drug-likeness (QED) is 0.810. The van der Waals surface area contributed by atoms with Gasteiger partial charge in [0.25, 0.3) is 0 Å². The summed E-state index contributed by atoms with van der Waals surface area (Å²) in [5.74, 6) is 1.79. The van der Waals surface area contributed by atoms with Crippen molar-refractivity contribution in [2.45, 2.75) is 51.6 Å². The van der Waals surface area contributed by atoms with E-state index in [2.05, 4.69) is 22.0 Å². The second-order valence-corrected chi connectivity index (χ2v) is 5.20. The Morgan fingerprint density at radius 1 is 1.56 bits per heavy atom. The highest BCUT2D eigenvalue weighted by Crippen LogP contribution is 2.37. The number of hydrogen-bond acceptors (Lipinski definition) is 3. The Labute approximate surface area is 110 Å². The van der Waals surface area contributed by atoms with Crippen LogP contribution in [-0.2, 0) is 6.54 Å². The Morgan fingerprint density at radius 3 is 2.83 bits per heavy atom. The van der Waals surface area contributed by atoms with Gasteiger partial charge in [-0.2, -0.15) is 5.10 Å². The van der Waals surface area contributed by atoms with E-state index in [1.54, 1.807) is 7.11 Å². The van der Waals surface area contributed by atoms with Crippen LogP contribution in [0.2, 0.25) is 0 Å². The molecule has 4 nitrogen and oxygen atoms in total. The summed E-state index contributed by atoms with van der Waals surface area (Å²) in [5, 5.41) is 7.88. The average Bonchev–Trinajstić information content (AvgIpc) is 2.72. The molecular formula is C14H25N3O. The number of ether oxygens (including phenoxy) is 1. The first-order valence-corrected chi connectivity index (χ1v) is 7.07. The van der Waals surface area contributed by atoms with Crippen molar-refractivity contribution in [1.82, 2.24) is 15.1 Å². The van der Waals surface area contributed by atoms with Gasteiger partial charge in [0.05, 0.1) is 25.0 Å². The predicted molar refractivity (Wildman–Crippen MR) is 72.8 cm³/mol. The Morgan fingerprint density at radius 2 is 2.33 bits per heavy atom. The Kier molecular flexibility index (Phi) is 4.64. The van der Waals surface area contributed by atoms with Crippen LogP contribution >= 0.6 is 0 Å². The first kappa shape index (κ1) is 13.4. The molecule has 1 aromatic rings. The molecule has 0 saturated heterocycles. The Bertz CT molecular complexity index is 371. The van der Waals surface area contributed by atoms with Crippen LogP contribution in [0.25, 0.3) is 0 Å². The van der Waals surface area contributed by atoms with E-state index >= 15 is 0 Å². The van der Waals surface area contributed by atoms with E-state index in [9.17, 15) is 0 Å². The van der Waals surface area contributed by atoms with Crippen molar-refractivity contribution in [3.05, 3.63) is 11.9 Å². The molecular weight excluding hydrogens is 226 g/mol. The summed E-state index contributed by atoms with van der Waals surface area (Å²) in [4.78, 5) is 0. The highest BCUT2D eigenvalue weighted by atomic mass is 16.5. The summed E-state index contributed by atoms with van der Waals surface area (Å²) in [6.45, 7) is 3.14. The average molecular weight is 251 g/mol. The fraction of sp³-hybridized carbons (Fsp3) is 0.786. The lowest BCUT2D eigenvalue weighted by atomic mass is 9.80. The molecule has 102 valence electrons. The van der Waals surface area contributed by atoms with Crippen molar-refractivity contribution >= 4 is 0 Å². The Balaban J connectivity index is 2.17. The molecule has 1 saturated carbocycles. The predicted octanol–water partition coefficient (Wildman–Crippen LogP) is 2.75. The molecule has 1 unspecified atom stereocenters. The molecule has 1 atom stereocenters. The minimum Gasteiger partial charge on any atom is -0.493 e. The summed E-state index contributed by atoms with van der Waals surface area (Å²) in [5.41, 5.74) is 1.22. The van der Waals surface area contributed by atoms with Gasteiger partial charge in [0.15, 0.2) is 5.75 Å². The number of aryl methyl sites for hydroxylation is 1. The first-order chi connectivity index (χ1) is 8.80. The molecule has 18 heavy (non-hydrogen) atoms. The maximum Gasteiger partial charge on any atom is 0.161 e. The van der Waals surface area contributed by atoms with Gasteiger partial charge in [0, 0.05) is 6.54 Å². The second kappa shape index (κ2) is 6.23. The molecule has 0 radical (unpaired) electrons. The molecule has 4 heteroatoms. The number of aromatic nitrogens is 2. The summed E-state index contributed by atoms with van der Waals surface area (Å²) in [7, 11) is 3.76. The fourth-order valence-corrected chi connectivity index (χ4v) is 2.70. The number of hydrogen-bond donors (Lipinski definition) is 1. The fourth-order valence-electron chi connectivity index (χ4n) is 2.70. The van der Waals surface area contributed by atoms with Gasteiger partial charge in [0.2, 0.25) is 0 Å². The summed E-state index contributed by atoms with van der Waals surface area (Å²) in [6, 6.07) is 0.360. The third-order valence-electron chi connectivity index (χ3n) is 3.97. The van der Waals surface area contributed by atoms with Crippen molar-refractivity contribution in [3.63, 3.8) is 0 Å². The highest BCUT2D eigenvalue weighted by molar-refractivity contribution is 5.28. The van der Waals surface area contributed by atoms with Crippen LogP contribution in [0, 0.1) is 5.92 Å². The van der Waals surface area contributed by atoms with Gasteiger partial charge in [-0.15, -0.1) is 0 Å². The normalized spacial score (nSPS) is 17.5. The van der Waals surface area contributed by atoms with Gasteiger partial charge in [-0.1, -0.05) is 26.2 Å². The third-order valence-corrected chi connectivity index (χ3v) is 3.97. The van der Waals surface area contributed by atoms with Gasteiger partial charge in [0.1, 0.15) is 0 Å². The number of nitrogens with one attached hydrogen (secondary N) is 1. The minimum absolute atomic E-state index is 0.360.